The van der Waals surface area contributed by atoms with E-state index in [1.807, 2.05) is 30.3 Å². The van der Waals surface area contributed by atoms with Gasteiger partial charge in [0.1, 0.15) is 11.4 Å². The molecule has 1 aromatic heterocycles. The Morgan fingerprint density at radius 2 is 1.68 bits per heavy atom. The smallest absolute Gasteiger partial charge is 0.341 e. The van der Waals surface area contributed by atoms with E-state index in [2.05, 4.69) is 49.7 Å². The maximum Gasteiger partial charge on any atom is 0.341 e. The Labute approximate surface area is 231 Å². The first-order valence-corrected chi connectivity index (χ1v) is 13.0. The van der Waals surface area contributed by atoms with Gasteiger partial charge in [0, 0.05) is 37.8 Å². The zero-order valence-corrected chi connectivity index (χ0v) is 22.1. The average molecular weight is 552 g/mol. The molecule has 0 spiro atoms. The first-order chi connectivity index (χ1) is 18.5. The van der Waals surface area contributed by atoms with Gasteiger partial charge in [-0.25, -0.2) is 0 Å². The lowest BCUT2D eigenvalue weighted by Crippen LogP contribution is -2.41. The van der Waals surface area contributed by atoms with Crippen LogP contribution in [0.25, 0.3) is 11.3 Å². The summed E-state index contributed by atoms with van der Waals surface area (Å²) in [6.07, 6.45) is 1.51. The van der Waals surface area contributed by atoms with Gasteiger partial charge in [-0.3, -0.25) is 4.90 Å². The number of phenols is 1. The predicted octanol–water partition coefficient (Wildman–Crippen LogP) is 5.51. The summed E-state index contributed by atoms with van der Waals surface area (Å²) in [5, 5.41) is 21.9. The normalized spacial score (nSPS) is 14.8. The van der Waals surface area contributed by atoms with E-state index in [1.165, 1.54) is 11.8 Å². The largest absolute Gasteiger partial charge is 0.505 e. The molecule has 5 rings (SSSR count). The number of rotatable bonds is 9. The van der Waals surface area contributed by atoms with Crippen molar-refractivity contribution in [2.75, 3.05) is 32.8 Å². The van der Waals surface area contributed by atoms with Gasteiger partial charge in [-0.05, 0) is 35.4 Å². The molecule has 4 aromatic rings. The van der Waals surface area contributed by atoms with Gasteiger partial charge >= 0.3 is 6.01 Å². The summed E-state index contributed by atoms with van der Waals surface area (Å²) in [5.41, 5.74) is 3.44. The van der Waals surface area contributed by atoms with E-state index in [0.29, 0.717) is 23.6 Å². The molecule has 2 N–H and O–H groups in total. The van der Waals surface area contributed by atoms with Crippen molar-refractivity contribution in [2.24, 2.45) is 0 Å². The molecule has 0 aliphatic carbocycles. The van der Waals surface area contributed by atoms with Crippen LogP contribution in [-0.2, 0) is 11.3 Å². The standard InChI is InChI=1S/C28H27Cl2N5O3/c29-23-14-21(15-24(30)27(23)36)25-17-32-28(34-33-25)38-22-8-6-19(7-9-22)16-31-26(20-4-2-1-3-5-20)18-35-10-12-37-13-11-35/h1-9,14-15,17,26,31,36H,10-13,16,18H2. The van der Waals surface area contributed by atoms with Crippen LogP contribution in [0.5, 0.6) is 17.5 Å². The van der Waals surface area contributed by atoms with Crippen LogP contribution in [0.3, 0.4) is 0 Å². The maximum atomic E-state index is 9.74. The second-order valence-electron chi connectivity index (χ2n) is 8.92. The molecule has 0 amide bonds. The van der Waals surface area contributed by atoms with Gasteiger partial charge < -0.3 is 19.9 Å². The van der Waals surface area contributed by atoms with Gasteiger partial charge in [-0.2, -0.15) is 4.98 Å². The van der Waals surface area contributed by atoms with Crippen LogP contribution in [0.15, 0.2) is 72.9 Å². The minimum absolute atomic E-state index is 0.116. The van der Waals surface area contributed by atoms with Crippen molar-refractivity contribution in [3.63, 3.8) is 0 Å². The van der Waals surface area contributed by atoms with Crippen molar-refractivity contribution in [3.05, 3.63) is 94.1 Å². The molecule has 0 bridgehead atoms. The highest BCUT2D eigenvalue weighted by Gasteiger charge is 2.18. The second kappa shape index (κ2) is 12.5. The summed E-state index contributed by atoms with van der Waals surface area (Å²) in [4.78, 5) is 6.67. The summed E-state index contributed by atoms with van der Waals surface area (Å²) in [5.74, 6) is 0.427. The topological polar surface area (TPSA) is 92.6 Å². The Balaban J connectivity index is 1.19. The number of nitrogens with one attached hydrogen (secondary N) is 1. The number of aromatic nitrogens is 3. The molecule has 38 heavy (non-hydrogen) atoms. The third kappa shape index (κ3) is 6.78. The summed E-state index contributed by atoms with van der Waals surface area (Å²) < 4.78 is 11.3. The molecule has 1 aliphatic rings. The van der Waals surface area contributed by atoms with E-state index in [-0.39, 0.29) is 27.8 Å². The highest BCUT2D eigenvalue weighted by molar-refractivity contribution is 6.37. The molecular formula is C28H27Cl2N5O3. The number of hydrogen-bond acceptors (Lipinski definition) is 8. The zero-order chi connectivity index (χ0) is 26.3. The van der Waals surface area contributed by atoms with E-state index in [9.17, 15) is 5.11 Å². The number of morpholine rings is 1. The van der Waals surface area contributed by atoms with Crippen molar-refractivity contribution < 1.29 is 14.6 Å². The van der Waals surface area contributed by atoms with Crippen molar-refractivity contribution in [2.45, 2.75) is 12.6 Å². The Morgan fingerprint density at radius 3 is 2.34 bits per heavy atom. The molecule has 0 radical (unpaired) electrons. The summed E-state index contributed by atoms with van der Waals surface area (Å²) in [6, 6.07) is 21.7. The number of nitrogens with zero attached hydrogens (tertiary/aromatic N) is 4. The van der Waals surface area contributed by atoms with Gasteiger partial charge in [-0.1, -0.05) is 70.8 Å². The Bertz CT molecular complexity index is 1310. The van der Waals surface area contributed by atoms with Crippen molar-refractivity contribution in [3.8, 4) is 28.8 Å². The highest BCUT2D eigenvalue weighted by Crippen LogP contribution is 2.35. The molecule has 196 valence electrons. The first-order valence-electron chi connectivity index (χ1n) is 12.3. The first kappa shape index (κ1) is 26.3. The number of ether oxygens (including phenoxy) is 2. The lowest BCUT2D eigenvalue weighted by Gasteiger charge is -2.31. The van der Waals surface area contributed by atoms with Crippen LogP contribution in [-0.4, -0.2) is 58.0 Å². The van der Waals surface area contributed by atoms with E-state index >= 15 is 0 Å². The van der Waals surface area contributed by atoms with Crippen molar-refractivity contribution in [1.29, 1.82) is 0 Å². The Hall–Kier alpha value is -3.27. The van der Waals surface area contributed by atoms with E-state index < -0.39 is 0 Å². The molecule has 10 heteroatoms. The molecule has 1 fully saturated rings. The summed E-state index contributed by atoms with van der Waals surface area (Å²) in [6.45, 7) is 5.11. The van der Waals surface area contributed by atoms with Crippen LogP contribution in [0, 0.1) is 0 Å². The fourth-order valence-corrected chi connectivity index (χ4v) is 4.68. The summed E-state index contributed by atoms with van der Waals surface area (Å²) >= 11 is 12.0. The number of aromatic hydroxyl groups is 1. The van der Waals surface area contributed by atoms with E-state index in [0.717, 1.165) is 38.4 Å². The fraction of sp³-hybridized carbons (Fsp3) is 0.250. The molecule has 1 aliphatic heterocycles. The molecule has 0 saturated carbocycles. The SMILES string of the molecule is Oc1c(Cl)cc(-c2cnc(Oc3ccc(CNC(CN4CCOCC4)c4ccccc4)cc3)nn2)cc1Cl. The van der Waals surface area contributed by atoms with Gasteiger partial charge in [-0.15, -0.1) is 5.10 Å². The Morgan fingerprint density at radius 1 is 0.974 bits per heavy atom. The highest BCUT2D eigenvalue weighted by atomic mass is 35.5. The van der Waals surface area contributed by atoms with Crippen LogP contribution >= 0.6 is 23.2 Å². The van der Waals surface area contributed by atoms with Gasteiger partial charge in [0.05, 0.1) is 29.5 Å². The van der Waals surface area contributed by atoms with Crippen molar-refractivity contribution >= 4 is 23.2 Å². The van der Waals surface area contributed by atoms with Gasteiger partial charge in [0.15, 0.2) is 5.75 Å². The monoisotopic (exact) mass is 551 g/mol. The second-order valence-corrected chi connectivity index (χ2v) is 9.73. The molecule has 3 aromatic carbocycles. The predicted molar refractivity (Wildman–Crippen MR) is 147 cm³/mol. The quantitative estimate of drug-likeness (QED) is 0.281. The van der Waals surface area contributed by atoms with Crippen LogP contribution in [0.4, 0.5) is 0 Å². The minimum Gasteiger partial charge on any atom is -0.505 e. The minimum atomic E-state index is -0.177. The maximum absolute atomic E-state index is 9.74. The van der Waals surface area contributed by atoms with Crippen LogP contribution in [0.1, 0.15) is 17.2 Å². The van der Waals surface area contributed by atoms with E-state index in [1.54, 1.807) is 12.1 Å². The number of benzene rings is 3. The van der Waals surface area contributed by atoms with Crippen LogP contribution < -0.4 is 10.1 Å². The van der Waals surface area contributed by atoms with E-state index in [4.69, 9.17) is 32.7 Å². The number of halogens is 2. The number of phenolic OH excluding ortho intramolecular Hbond substituents is 1. The van der Waals surface area contributed by atoms with Crippen molar-refractivity contribution in [1.82, 2.24) is 25.4 Å². The lowest BCUT2D eigenvalue weighted by molar-refractivity contribution is 0.0333. The fourth-order valence-electron chi connectivity index (χ4n) is 4.19. The lowest BCUT2D eigenvalue weighted by atomic mass is 10.1. The Kier molecular flexibility index (Phi) is 8.68. The molecule has 1 unspecified atom stereocenters. The molecule has 2 heterocycles. The third-order valence-corrected chi connectivity index (χ3v) is 6.86. The van der Waals surface area contributed by atoms with Gasteiger partial charge in [0.2, 0.25) is 0 Å². The van der Waals surface area contributed by atoms with Crippen LogP contribution in [0.2, 0.25) is 10.0 Å². The number of hydrogen-bond donors (Lipinski definition) is 2. The molecular weight excluding hydrogens is 525 g/mol. The summed E-state index contributed by atoms with van der Waals surface area (Å²) in [7, 11) is 0. The molecule has 1 saturated heterocycles. The third-order valence-electron chi connectivity index (χ3n) is 6.28. The van der Waals surface area contributed by atoms with Gasteiger partial charge in [0.25, 0.3) is 0 Å². The average Bonchev–Trinajstić information content (AvgIpc) is 2.96. The molecule has 1 atom stereocenters. The molecule has 8 nitrogen and oxygen atoms in total. The zero-order valence-electron chi connectivity index (χ0n) is 20.6.